The molecule has 2 aliphatic heterocycles. The minimum atomic E-state index is -1.26. The van der Waals surface area contributed by atoms with Crippen LogP contribution in [-0.4, -0.2) is 54.5 Å². The average Bonchev–Trinajstić information content (AvgIpc) is 3.19. The average molecular weight is 380 g/mol. The maximum absolute atomic E-state index is 11.6. The predicted octanol–water partition coefficient (Wildman–Crippen LogP) is 2.18. The lowest BCUT2D eigenvalue weighted by Crippen LogP contribution is -2.69. The molecule has 0 aromatic rings. The van der Waals surface area contributed by atoms with Gasteiger partial charge in [0.1, 0.15) is 12.2 Å². The van der Waals surface area contributed by atoms with Gasteiger partial charge in [-0.05, 0) is 61.3 Å². The molecule has 27 heavy (non-hydrogen) atoms. The molecule has 2 N–H and O–H groups in total. The number of aliphatic hydroxyl groups is 2. The first-order valence-electron chi connectivity index (χ1n) is 10.2. The van der Waals surface area contributed by atoms with Gasteiger partial charge in [0, 0.05) is 13.2 Å². The normalized spacial score (nSPS) is 49.4. The summed E-state index contributed by atoms with van der Waals surface area (Å²) in [6.45, 7) is 5.12. The van der Waals surface area contributed by atoms with Crippen molar-refractivity contribution in [2.24, 2.45) is 22.7 Å². The van der Waals surface area contributed by atoms with Gasteiger partial charge in [-0.15, -0.1) is 0 Å². The molecule has 7 atom stereocenters. The van der Waals surface area contributed by atoms with Crippen molar-refractivity contribution in [3.8, 4) is 0 Å². The summed E-state index contributed by atoms with van der Waals surface area (Å²) < 4.78 is 16.7. The molecule has 2 aliphatic carbocycles. The smallest absolute Gasteiger partial charge is 0.331 e. The Morgan fingerprint density at radius 2 is 2.11 bits per heavy atom. The van der Waals surface area contributed by atoms with Crippen LogP contribution >= 0.6 is 0 Å². The lowest BCUT2D eigenvalue weighted by molar-refractivity contribution is -0.267. The monoisotopic (exact) mass is 380 g/mol. The number of hydrogen-bond donors (Lipinski definition) is 2. The van der Waals surface area contributed by atoms with Crippen molar-refractivity contribution in [2.45, 2.75) is 70.4 Å². The Morgan fingerprint density at radius 3 is 2.78 bits per heavy atom. The van der Waals surface area contributed by atoms with Crippen molar-refractivity contribution in [1.82, 2.24) is 0 Å². The minimum Gasteiger partial charge on any atom is -0.458 e. The summed E-state index contributed by atoms with van der Waals surface area (Å²) in [6, 6.07) is 0. The summed E-state index contributed by atoms with van der Waals surface area (Å²) in [6.07, 6.45) is 5.26. The van der Waals surface area contributed by atoms with Gasteiger partial charge in [0.15, 0.2) is 6.29 Å². The van der Waals surface area contributed by atoms with E-state index in [2.05, 4.69) is 13.8 Å². The van der Waals surface area contributed by atoms with Crippen molar-refractivity contribution < 1.29 is 29.2 Å². The Morgan fingerprint density at radius 1 is 1.33 bits per heavy atom. The number of esters is 1. The highest BCUT2D eigenvalue weighted by atomic mass is 16.7. The molecule has 152 valence electrons. The SMILES string of the molecule is CO[C@@H]1OC[C@@]2(O)[C@@H](O)CC[C@@H]3[C@@](C)(CCC4=CC(=O)OC4)[C@H](C)CC[C@@]132. The van der Waals surface area contributed by atoms with Crippen LogP contribution in [0.5, 0.6) is 0 Å². The Labute approximate surface area is 160 Å². The van der Waals surface area contributed by atoms with Crippen LogP contribution in [-0.2, 0) is 19.0 Å². The quantitative estimate of drug-likeness (QED) is 0.727. The maximum atomic E-state index is 11.6. The summed E-state index contributed by atoms with van der Waals surface area (Å²) in [4.78, 5) is 11.4. The number of aliphatic hydroxyl groups excluding tert-OH is 1. The van der Waals surface area contributed by atoms with Crippen LogP contribution in [0.2, 0.25) is 0 Å². The standard InChI is InChI=1S/C21H32O6/c1-13-6-9-20-15(19(13,2)8-7-14-10-17(23)26-11-14)4-5-16(22)21(20,24)12-27-18(20)25-3/h10,13,15-16,18,22,24H,4-9,11-12H2,1-3H3/t13-,15-,16+,18-,19+,20+,21-/m1/s1. The van der Waals surface area contributed by atoms with Crippen LogP contribution in [0.4, 0.5) is 0 Å². The van der Waals surface area contributed by atoms with Crippen molar-refractivity contribution in [3.05, 3.63) is 11.6 Å². The van der Waals surface area contributed by atoms with E-state index in [0.29, 0.717) is 18.9 Å². The summed E-state index contributed by atoms with van der Waals surface area (Å²) in [5.41, 5.74) is -0.838. The van der Waals surface area contributed by atoms with E-state index in [-0.39, 0.29) is 23.9 Å². The first kappa shape index (κ1) is 19.4. The van der Waals surface area contributed by atoms with Crippen LogP contribution in [0.1, 0.15) is 52.4 Å². The predicted molar refractivity (Wildman–Crippen MR) is 97.6 cm³/mol. The van der Waals surface area contributed by atoms with Gasteiger partial charge in [-0.2, -0.15) is 0 Å². The summed E-state index contributed by atoms with van der Waals surface area (Å²) in [5, 5.41) is 22.3. The van der Waals surface area contributed by atoms with E-state index < -0.39 is 23.4 Å². The minimum absolute atomic E-state index is 0.0384. The summed E-state index contributed by atoms with van der Waals surface area (Å²) >= 11 is 0. The third-order valence-corrected chi connectivity index (χ3v) is 8.42. The van der Waals surface area contributed by atoms with Gasteiger partial charge in [0.2, 0.25) is 0 Å². The van der Waals surface area contributed by atoms with Crippen molar-refractivity contribution in [3.63, 3.8) is 0 Å². The Balaban J connectivity index is 1.68. The fourth-order valence-electron chi connectivity index (χ4n) is 6.63. The van der Waals surface area contributed by atoms with Crippen LogP contribution < -0.4 is 0 Å². The van der Waals surface area contributed by atoms with E-state index in [9.17, 15) is 15.0 Å². The van der Waals surface area contributed by atoms with Gasteiger partial charge in [-0.3, -0.25) is 0 Å². The number of carbonyl (C=O) groups is 1. The molecule has 0 aromatic heterocycles. The van der Waals surface area contributed by atoms with Crippen molar-refractivity contribution >= 4 is 5.97 Å². The van der Waals surface area contributed by atoms with E-state index in [1.54, 1.807) is 13.2 Å². The van der Waals surface area contributed by atoms with E-state index in [1.807, 2.05) is 0 Å². The fraction of sp³-hybridized carbons (Fsp3) is 0.857. The zero-order chi connectivity index (χ0) is 19.4. The molecule has 4 aliphatic rings. The summed E-state index contributed by atoms with van der Waals surface area (Å²) in [7, 11) is 1.63. The highest BCUT2D eigenvalue weighted by molar-refractivity contribution is 5.85. The largest absolute Gasteiger partial charge is 0.458 e. The Hall–Kier alpha value is -0.950. The van der Waals surface area contributed by atoms with Gasteiger partial charge in [0.25, 0.3) is 0 Å². The zero-order valence-electron chi connectivity index (χ0n) is 16.6. The summed E-state index contributed by atoms with van der Waals surface area (Å²) in [5.74, 6) is 0.416. The molecule has 2 saturated carbocycles. The third kappa shape index (κ3) is 2.56. The van der Waals surface area contributed by atoms with Gasteiger partial charge in [-0.1, -0.05) is 13.8 Å². The molecule has 0 aromatic carbocycles. The van der Waals surface area contributed by atoms with Crippen LogP contribution in [0.25, 0.3) is 0 Å². The highest BCUT2D eigenvalue weighted by Crippen LogP contribution is 2.68. The van der Waals surface area contributed by atoms with Gasteiger partial charge in [0.05, 0.1) is 18.1 Å². The van der Waals surface area contributed by atoms with E-state index in [0.717, 1.165) is 37.7 Å². The molecule has 1 spiro atoms. The van der Waals surface area contributed by atoms with Crippen LogP contribution in [0.3, 0.4) is 0 Å². The number of rotatable bonds is 4. The van der Waals surface area contributed by atoms with Gasteiger partial charge < -0.3 is 24.4 Å². The fourth-order valence-corrected chi connectivity index (χ4v) is 6.63. The lowest BCUT2D eigenvalue weighted by Gasteiger charge is -2.63. The molecule has 0 bridgehead atoms. The van der Waals surface area contributed by atoms with Crippen molar-refractivity contribution in [1.29, 1.82) is 0 Å². The number of cyclic esters (lactones) is 1. The zero-order valence-corrected chi connectivity index (χ0v) is 16.6. The first-order valence-corrected chi connectivity index (χ1v) is 10.2. The lowest BCUT2D eigenvalue weighted by atomic mass is 9.42. The molecule has 6 heteroatoms. The number of hydrogen-bond acceptors (Lipinski definition) is 6. The van der Waals surface area contributed by atoms with Crippen LogP contribution in [0.15, 0.2) is 11.6 Å². The molecular formula is C21H32O6. The highest BCUT2D eigenvalue weighted by Gasteiger charge is 2.73. The maximum Gasteiger partial charge on any atom is 0.331 e. The topological polar surface area (TPSA) is 85.2 Å². The second-order valence-electron chi connectivity index (χ2n) is 9.34. The second kappa shape index (κ2) is 6.55. The molecule has 4 rings (SSSR count). The number of methoxy groups -OCH3 is 1. The molecule has 6 nitrogen and oxygen atoms in total. The molecule has 0 amide bonds. The number of ether oxygens (including phenoxy) is 3. The van der Waals surface area contributed by atoms with Crippen molar-refractivity contribution in [2.75, 3.05) is 20.3 Å². The number of carbonyl (C=O) groups excluding carboxylic acids is 1. The molecule has 1 saturated heterocycles. The molecule has 2 heterocycles. The molecule has 0 unspecified atom stereocenters. The van der Waals surface area contributed by atoms with Gasteiger partial charge >= 0.3 is 5.97 Å². The van der Waals surface area contributed by atoms with E-state index >= 15 is 0 Å². The Kier molecular flexibility index (Phi) is 4.70. The second-order valence-corrected chi connectivity index (χ2v) is 9.34. The molecular weight excluding hydrogens is 348 g/mol. The molecule has 3 fully saturated rings. The molecule has 0 radical (unpaired) electrons. The Bertz CT molecular complexity index is 647. The first-order chi connectivity index (χ1) is 12.8. The van der Waals surface area contributed by atoms with Gasteiger partial charge in [-0.25, -0.2) is 4.79 Å². The van der Waals surface area contributed by atoms with Crippen LogP contribution in [0, 0.1) is 22.7 Å². The third-order valence-electron chi connectivity index (χ3n) is 8.42. The van der Waals surface area contributed by atoms with E-state index in [1.165, 1.54) is 0 Å². The van der Waals surface area contributed by atoms with E-state index in [4.69, 9.17) is 14.2 Å².